The number of aliphatic hydroxyl groups is 1. The molecule has 1 heterocycles. The van der Waals surface area contributed by atoms with Crippen LogP contribution < -0.4 is 9.47 Å². The molecule has 1 aliphatic heterocycles. The van der Waals surface area contributed by atoms with Crippen molar-refractivity contribution in [3.05, 3.63) is 93.0 Å². The highest BCUT2D eigenvalue weighted by molar-refractivity contribution is 6.46. The highest BCUT2D eigenvalue weighted by Crippen LogP contribution is 2.42. The maximum Gasteiger partial charge on any atom is 0.295 e. The second kappa shape index (κ2) is 11.4. The summed E-state index contributed by atoms with van der Waals surface area (Å²) in [5.41, 5.74) is 1.35. The van der Waals surface area contributed by atoms with Gasteiger partial charge in [-0.25, -0.2) is 0 Å². The quantitative estimate of drug-likeness (QED) is 0.190. The second-order valence-electron chi connectivity index (χ2n) is 9.34. The van der Waals surface area contributed by atoms with E-state index in [1.165, 1.54) is 36.3 Å². The Balaban J connectivity index is 1.76. The number of rotatable bonds is 8. The first-order valence-electron chi connectivity index (χ1n) is 11.9. The lowest BCUT2D eigenvalue weighted by atomic mass is 9.95. The summed E-state index contributed by atoms with van der Waals surface area (Å²) in [6.45, 7) is 4.79. The third kappa shape index (κ3) is 5.59. The van der Waals surface area contributed by atoms with Crippen molar-refractivity contribution in [2.75, 3.05) is 13.7 Å². The zero-order valence-electron chi connectivity index (χ0n) is 21.1. The van der Waals surface area contributed by atoms with Gasteiger partial charge in [0.2, 0.25) is 0 Å². The molecule has 0 bridgehead atoms. The number of likely N-dealkylation sites (tertiary alicyclic amines) is 1. The van der Waals surface area contributed by atoms with Crippen LogP contribution in [0, 0.1) is 5.92 Å². The Hall–Kier alpha value is -3.68. The normalized spacial score (nSPS) is 16.8. The number of Topliss-reactive ketones (excluding diaryl/α,β-unsaturated/α-hetero) is 1. The van der Waals surface area contributed by atoms with Crippen LogP contribution in [-0.2, 0) is 16.1 Å². The summed E-state index contributed by atoms with van der Waals surface area (Å²) in [6.07, 6.45) is 0. The SMILES string of the molecule is COc1c(Cl)cc(/C(O)=C2\C(=O)C(=O)N(Cc3ccc(OCC(C)C)cc3)C2c2ccc(O)cc2)cc1Cl. The van der Waals surface area contributed by atoms with Crippen molar-refractivity contribution in [2.45, 2.75) is 26.4 Å². The highest BCUT2D eigenvalue weighted by Gasteiger charge is 2.46. The zero-order valence-corrected chi connectivity index (χ0v) is 22.6. The van der Waals surface area contributed by atoms with Crippen molar-refractivity contribution < 1.29 is 29.3 Å². The minimum atomic E-state index is -0.924. The lowest BCUT2D eigenvalue weighted by Gasteiger charge is -2.25. The lowest BCUT2D eigenvalue weighted by molar-refractivity contribution is -0.140. The Morgan fingerprint density at radius 3 is 2.16 bits per heavy atom. The number of phenols is 1. The van der Waals surface area contributed by atoms with E-state index in [-0.39, 0.29) is 39.2 Å². The first-order chi connectivity index (χ1) is 18.1. The number of carbonyl (C=O) groups excluding carboxylic acids is 2. The molecular formula is C29H27Cl2NO6. The Bertz CT molecular complexity index is 1360. The van der Waals surface area contributed by atoms with Gasteiger partial charge in [-0.05, 0) is 53.4 Å². The number of aliphatic hydroxyl groups excluding tert-OH is 1. The molecule has 1 saturated heterocycles. The van der Waals surface area contributed by atoms with Crippen molar-refractivity contribution in [3.8, 4) is 17.2 Å². The van der Waals surface area contributed by atoms with E-state index >= 15 is 0 Å². The van der Waals surface area contributed by atoms with Crippen LogP contribution in [0.3, 0.4) is 0 Å². The molecule has 9 heteroatoms. The average Bonchev–Trinajstić information content (AvgIpc) is 3.13. The molecule has 3 aromatic carbocycles. The zero-order chi connectivity index (χ0) is 27.6. The summed E-state index contributed by atoms with van der Waals surface area (Å²) in [5.74, 6) is -0.711. The number of aromatic hydroxyl groups is 1. The minimum absolute atomic E-state index is 0.0244. The van der Waals surface area contributed by atoms with E-state index in [1.807, 2.05) is 24.3 Å². The number of carbonyl (C=O) groups is 2. The number of methoxy groups -OCH3 is 1. The average molecular weight is 556 g/mol. The van der Waals surface area contributed by atoms with Crippen molar-refractivity contribution in [2.24, 2.45) is 5.92 Å². The van der Waals surface area contributed by atoms with E-state index in [0.29, 0.717) is 23.8 Å². The number of hydrogen-bond acceptors (Lipinski definition) is 6. The molecule has 0 radical (unpaired) electrons. The first kappa shape index (κ1) is 27.4. The number of ether oxygens (including phenoxy) is 2. The number of ketones is 1. The molecule has 1 amide bonds. The van der Waals surface area contributed by atoms with Crippen LogP contribution in [0.15, 0.2) is 66.2 Å². The fourth-order valence-electron chi connectivity index (χ4n) is 4.24. The lowest BCUT2D eigenvalue weighted by Crippen LogP contribution is -2.29. The number of benzene rings is 3. The third-order valence-electron chi connectivity index (χ3n) is 6.08. The van der Waals surface area contributed by atoms with Gasteiger partial charge in [-0.2, -0.15) is 0 Å². The molecule has 1 atom stereocenters. The van der Waals surface area contributed by atoms with E-state index in [0.717, 1.165) is 5.56 Å². The topological polar surface area (TPSA) is 96.3 Å². The van der Waals surface area contributed by atoms with Gasteiger partial charge in [-0.1, -0.05) is 61.3 Å². The Labute approximate surface area is 230 Å². The van der Waals surface area contributed by atoms with Gasteiger partial charge in [0, 0.05) is 12.1 Å². The molecule has 0 saturated carbocycles. The van der Waals surface area contributed by atoms with Gasteiger partial charge in [0.1, 0.15) is 17.3 Å². The number of amides is 1. The van der Waals surface area contributed by atoms with Gasteiger partial charge in [0.05, 0.1) is 35.4 Å². The molecule has 198 valence electrons. The predicted molar refractivity (Wildman–Crippen MR) is 146 cm³/mol. The van der Waals surface area contributed by atoms with E-state index in [9.17, 15) is 19.8 Å². The minimum Gasteiger partial charge on any atom is -0.508 e. The molecule has 0 aliphatic carbocycles. The molecule has 0 spiro atoms. The van der Waals surface area contributed by atoms with Crippen LogP contribution in [0.4, 0.5) is 0 Å². The van der Waals surface area contributed by atoms with Crippen LogP contribution >= 0.6 is 23.2 Å². The Morgan fingerprint density at radius 1 is 1.00 bits per heavy atom. The van der Waals surface area contributed by atoms with Crippen molar-refractivity contribution in [3.63, 3.8) is 0 Å². The van der Waals surface area contributed by atoms with Gasteiger partial charge in [-0.15, -0.1) is 0 Å². The number of phenolic OH excluding ortho intramolecular Hbond substituents is 1. The van der Waals surface area contributed by atoms with Crippen LogP contribution in [-0.4, -0.2) is 40.5 Å². The van der Waals surface area contributed by atoms with Crippen molar-refractivity contribution >= 4 is 40.7 Å². The summed E-state index contributed by atoms with van der Waals surface area (Å²) in [4.78, 5) is 28.0. The maximum atomic E-state index is 13.3. The van der Waals surface area contributed by atoms with Crippen molar-refractivity contribution in [1.29, 1.82) is 0 Å². The van der Waals surface area contributed by atoms with Crippen LogP contribution in [0.2, 0.25) is 10.0 Å². The number of halogens is 2. The smallest absolute Gasteiger partial charge is 0.295 e. The molecule has 1 unspecified atom stereocenters. The largest absolute Gasteiger partial charge is 0.508 e. The van der Waals surface area contributed by atoms with Crippen molar-refractivity contribution in [1.82, 2.24) is 4.90 Å². The van der Waals surface area contributed by atoms with E-state index in [4.69, 9.17) is 32.7 Å². The first-order valence-corrected chi connectivity index (χ1v) is 12.7. The van der Waals surface area contributed by atoms with Gasteiger partial charge >= 0.3 is 0 Å². The number of nitrogens with zero attached hydrogens (tertiary/aromatic N) is 1. The summed E-state index contributed by atoms with van der Waals surface area (Å²) in [7, 11) is 1.41. The third-order valence-corrected chi connectivity index (χ3v) is 6.65. The summed E-state index contributed by atoms with van der Waals surface area (Å²) < 4.78 is 10.9. The molecule has 2 N–H and O–H groups in total. The predicted octanol–water partition coefficient (Wildman–Crippen LogP) is 6.36. The molecule has 1 aliphatic rings. The van der Waals surface area contributed by atoms with Gasteiger partial charge < -0.3 is 24.6 Å². The molecule has 0 aromatic heterocycles. The number of hydrogen-bond donors (Lipinski definition) is 2. The molecule has 4 rings (SSSR count). The van der Waals surface area contributed by atoms with Gasteiger partial charge in [-0.3, -0.25) is 9.59 Å². The molecule has 1 fully saturated rings. The van der Waals surface area contributed by atoms with Gasteiger partial charge in [0.25, 0.3) is 11.7 Å². The summed E-state index contributed by atoms with van der Waals surface area (Å²) >= 11 is 12.5. The van der Waals surface area contributed by atoms with Crippen LogP contribution in [0.1, 0.15) is 36.6 Å². The highest BCUT2D eigenvalue weighted by atomic mass is 35.5. The van der Waals surface area contributed by atoms with Crippen LogP contribution in [0.25, 0.3) is 5.76 Å². The van der Waals surface area contributed by atoms with Gasteiger partial charge in [0.15, 0.2) is 5.75 Å². The van der Waals surface area contributed by atoms with Crippen LogP contribution in [0.5, 0.6) is 17.2 Å². The standard InChI is InChI=1S/C29H27Cl2NO6/c1-16(2)15-38-21-10-4-17(5-11-21)14-32-25(18-6-8-20(33)9-7-18)24(27(35)29(32)36)26(34)19-12-22(30)28(37-3)23(31)13-19/h4-13,16,25,33-34H,14-15H2,1-3H3/b26-24+. The Kier molecular flexibility index (Phi) is 8.19. The van der Waals surface area contributed by atoms with E-state index < -0.39 is 23.5 Å². The van der Waals surface area contributed by atoms with E-state index in [1.54, 1.807) is 12.1 Å². The fraction of sp³-hybridized carbons (Fsp3) is 0.241. The molecule has 3 aromatic rings. The summed E-state index contributed by atoms with van der Waals surface area (Å²) in [6, 6.07) is 15.3. The monoisotopic (exact) mass is 555 g/mol. The molecular weight excluding hydrogens is 529 g/mol. The Morgan fingerprint density at radius 2 is 1.61 bits per heavy atom. The van der Waals surface area contributed by atoms with E-state index in [2.05, 4.69) is 13.8 Å². The summed E-state index contributed by atoms with van der Waals surface area (Å²) in [5, 5.41) is 21.4. The molecule has 38 heavy (non-hydrogen) atoms. The molecule has 7 nitrogen and oxygen atoms in total. The second-order valence-corrected chi connectivity index (χ2v) is 10.2. The maximum absolute atomic E-state index is 13.3. The fourth-order valence-corrected chi connectivity index (χ4v) is 4.89.